The third-order valence-corrected chi connectivity index (χ3v) is 3.27. The number of rotatable bonds is 3. The van der Waals surface area contributed by atoms with Gasteiger partial charge in [0, 0.05) is 0 Å². The molecule has 1 heterocycles. The van der Waals surface area contributed by atoms with Crippen LogP contribution < -0.4 is 4.74 Å². The summed E-state index contributed by atoms with van der Waals surface area (Å²) in [6.45, 7) is 9.53. The van der Waals surface area contributed by atoms with Crippen molar-refractivity contribution in [3.8, 4) is 5.75 Å². The highest BCUT2D eigenvalue weighted by molar-refractivity contribution is 5.93. The van der Waals surface area contributed by atoms with Gasteiger partial charge in [-0.3, -0.25) is 0 Å². The molecule has 2 rings (SSSR count). The Balaban J connectivity index is 2.35. The molecule has 0 radical (unpaired) electrons. The van der Waals surface area contributed by atoms with Gasteiger partial charge in [-0.1, -0.05) is 29.8 Å². The summed E-state index contributed by atoms with van der Waals surface area (Å²) < 4.78 is 10.6. The molecule has 2 aromatic rings. The van der Waals surface area contributed by atoms with E-state index < -0.39 is 5.97 Å². The van der Waals surface area contributed by atoms with Gasteiger partial charge in [0.2, 0.25) is 0 Å². The highest BCUT2D eigenvalue weighted by Gasteiger charge is 2.22. The van der Waals surface area contributed by atoms with Crippen LogP contribution in [0.3, 0.4) is 0 Å². The summed E-state index contributed by atoms with van der Waals surface area (Å²) in [6, 6.07) is 3.99. The molecule has 20 heavy (non-hydrogen) atoms. The Morgan fingerprint density at radius 3 is 2.35 bits per heavy atom. The van der Waals surface area contributed by atoms with Gasteiger partial charge in [-0.2, -0.15) is 0 Å². The lowest BCUT2D eigenvalue weighted by molar-refractivity contribution is 0.0729. The predicted octanol–water partition coefficient (Wildman–Crippen LogP) is 3.69. The molecule has 106 valence electrons. The zero-order valence-electron chi connectivity index (χ0n) is 12.5. The lowest BCUT2D eigenvalue weighted by Gasteiger charge is -2.11. The van der Waals surface area contributed by atoms with E-state index in [0.29, 0.717) is 29.2 Å². The first-order valence-electron chi connectivity index (χ1n) is 6.69. The number of carbonyl (C=O) groups excluding carboxylic acids is 1. The molecule has 0 fully saturated rings. The third-order valence-electron chi connectivity index (χ3n) is 3.27. The summed E-state index contributed by atoms with van der Waals surface area (Å²) in [4.78, 5) is 12.3. The summed E-state index contributed by atoms with van der Waals surface area (Å²) >= 11 is 0. The second-order valence-corrected chi connectivity index (χ2v) is 5.03. The molecule has 1 aromatic heterocycles. The van der Waals surface area contributed by atoms with Crippen molar-refractivity contribution in [1.82, 2.24) is 5.16 Å². The number of aryl methyl sites for hydroxylation is 5. The Kier molecular flexibility index (Phi) is 3.93. The zero-order valence-corrected chi connectivity index (χ0v) is 12.5. The van der Waals surface area contributed by atoms with E-state index in [1.807, 2.05) is 39.8 Å². The molecule has 0 amide bonds. The van der Waals surface area contributed by atoms with Crippen molar-refractivity contribution in [3.05, 3.63) is 45.8 Å². The number of hydrogen-bond acceptors (Lipinski definition) is 4. The second-order valence-electron chi connectivity index (χ2n) is 5.03. The van der Waals surface area contributed by atoms with Crippen LogP contribution in [0.2, 0.25) is 0 Å². The van der Waals surface area contributed by atoms with Crippen LogP contribution in [0.25, 0.3) is 0 Å². The van der Waals surface area contributed by atoms with Crippen LogP contribution in [0.15, 0.2) is 16.7 Å². The normalized spacial score (nSPS) is 10.7. The second kappa shape index (κ2) is 5.49. The maximum Gasteiger partial charge on any atom is 0.349 e. The van der Waals surface area contributed by atoms with Crippen LogP contribution in [-0.4, -0.2) is 11.1 Å². The molecule has 0 unspecified atom stereocenters. The average molecular weight is 273 g/mol. The number of nitrogens with zero attached hydrogens (tertiary/aromatic N) is 1. The fourth-order valence-electron chi connectivity index (χ4n) is 2.39. The van der Waals surface area contributed by atoms with Gasteiger partial charge in [0.25, 0.3) is 0 Å². The number of benzene rings is 1. The van der Waals surface area contributed by atoms with E-state index in [1.54, 1.807) is 6.92 Å². The number of aromatic nitrogens is 1. The number of esters is 1. The summed E-state index contributed by atoms with van der Waals surface area (Å²) in [5, 5.41) is 3.88. The molecule has 4 heteroatoms. The fraction of sp³-hybridized carbons (Fsp3) is 0.375. The van der Waals surface area contributed by atoms with Crippen LogP contribution in [0.5, 0.6) is 5.75 Å². The van der Waals surface area contributed by atoms with Crippen LogP contribution in [0.1, 0.15) is 45.4 Å². The Bertz CT molecular complexity index is 633. The van der Waals surface area contributed by atoms with Gasteiger partial charge in [-0.05, 0) is 45.2 Å². The predicted molar refractivity (Wildman–Crippen MR) is 76.2 cm³/mol. The molecule has 0 aliphatic heterocycles. The molecule has 0 bridgehead atoms. The van der Waals surface area contributed by atoms with Gasteiger partial charge < -0.3 is 9.26 Å². The SMILES string of the molecule is CCc1noc(C)c1C(=O)Oc1c(C)cc(C)cc1C. The highest BCUT2D eigenvalue weighted by Crippen LogP contribution is 2.26. The minimum absolute atomic E-state index is 0.407. The lowest BCUT2D eigenvalue weighted by Crippen LogP contribution is -2.13. The Hall–Kier alpha value is -2.10. The first kappa shape index (κ1) is 14.3. The standard InChI is InChI=1S/C16H19NO3/c1-6-13-14(12(5)20-17-13)16(18)19-15-10(3)7-9(2)8-11(15)4/h7-8H,6H2,1-5H3. The number of hydrogen-bond donors (Lipinski definition) is 0. The molecule has 0 spiro atoms. The molecule has 0 saturated heterocycles. The summed E-state index contributed by atoms with van der Waals surface area (Å²) in [5.41, 5.74) is 4.11. The van der Waals surface area contributed by atoms with Gasteiger partial charge in [0.15, 0.2) is 0 Å². The van der Waals surface area contributed by atoms with Crippen LogP contribution in [-0.2, 0) is 6.42 Å². The first-order chi connectivity index (χ1) is 9.43. The van der Waals surface area contributed by atoms with Gasteiger partial charge in [0.1, 0.15) is 17.1 Å². The van der Waals surface area contributed by atoms with Gasteiger partial charge in [0.05, 0.1) is 5.69 Å². The van der Waals surface area contributed by atoms with Gasteiger partial charge >= 0.3 is 5.97 Å². The van der Waals surface area contributed by atoms with Gasteiger partial charge in [-0.15, -0.1) is 0 Å². The molecule has 1 aromatic carbocycles. The van der Waals surface area contributed by atoms with Crippen molar-refractivity contribution in [3.63, 3.8) is 0 Å². The van der Waals surface area contributed by atoms with Crippen molar-refractivity contribution in [2.45, 2.75) is 41.0 Å². The van der Waals surface area contributed by atoms with Crippen molar-refractivity contribution in [2.75, 3.05) is 0 Å². The molecule has 0 atom stereocenters. The van der Waals surface area contributed by atoms with E-state index in [4.69, 9.17) is 9.26 Å². The summed E-state index contributed by atoms with van der Waals surface area (Å²) in [5.74, 6) is 0.702. The van der Waals surface area contributed by atoms with E-state index in [2.05, 4.69) is 5.16 Å². The minimum Gasteiger partial charge on any atom is -0.422 e. The van der Waals surface area contributed by atoms with Gasteiger partial charge in [-0.25, -0.2) is 4.79 Å². The van der Waals surface area contributed by atoms with Crippen molar-refractivity contribution in [1.29, 1.82) is 0 Å². The topological polar surface area (TPSA) is 52.3 Å². The van der Waals surface area contributed by atoms with Crippen molar-refractivity contribution < 1.29 is 14.1 Å². The number of ether oxygens (including phenoxy) is 1. The smallest absolute Gasteiger partial charge is 0.349 e. The molecular weight excluding hydrogens is 254 g/mol. The summed E-state index contributed by atoms with van der Waals surface area (Å²) in [6.07, 6.45) is 0.633. The van der Waals surface area contributed by atoms with E-state index in [0.717, 1.165) is 16.7 Å². The molecule has 0 aliphatic carbocycles. The van der Waals surface area contributed by atoms with E-state index in [1.165, 1.54) is 0 Å². The van der Waals surface area contributed by atoms with E-state index >= 15 is 0 Å². The van der Waals surface area contributed by atoms with Crippen LogP contribution in [0.4, 0.5) is 0 Å². The highest BCUT2D eigenvalue weighted by atomic mass is 16.5. The van der Waals surface area contributed by atoms with Crippen LogP contribution in [0, 0.1) is 27.7 Å². The van der Waals surface area contributed by atoms with Crippen molar-refractivity contribution in [2.24, 2.45) is 0 Å². The maximum atomic E-state index is 12.3. The number of carbonyl (C=O) groups is 1. The molecule has 0 aliphatic rings. The Morgan fingerprint density at radius 2 is 1.80 bits per heavy atom. The van der Waals surface area contributed by atoms with Crippen LogP contribution >= 0.6 is 0 Å². The third kappa shape index (κ3) is 2.59. The fourth-order valence-corrected chi connectivity index (χ4v) is 2.39. The molecule has 0 N–H and O–H groups in total. The first-order valence-corrected chi connectivity index (χ1v) is 6.69. The average Bonchev–Trinajstić information content (AvgIpc) is 2.74. The molecule has 0 saturated carbocycles. The molecular formula is C16H19NO3. The van der Waals surface area contributed by atoms with Crippen molar-refractivity contribution >= 4 is 5.97 Å². The maximum absolute atomic E-state index is 12.3. The molecule has 4 nitrogen and oxygen atoms in total. The van der Waals surface area contributed by atoms with E-state index in [9.17, 15) is 4.79 Å². The minimum atomic E-state index is -0.407. The lowest BCUT2D eigenvalue weighted by atomic mass is 10.1. The zero-order chi connectivity index (χ0) is 14.9. The summed E-state index contributed by atoms with van der Waals surface area (Å²) in [7, 11) is 0. The largest absolute Gasteiger partial charge is 0.422 e. The Morgan fingerprint density at radius 1 is 1.20 bits per heavy atom. The Labute approximate surface area is 118 Å². The quantitative estimate of drug-likeness (QED) is 0.632. The van der Waals surface area contributed by atoms with E-state index in [-0.39, 0.29) is 0 Å². The monoisotopic (exact) mass is 273 g/mol.